The molecule has 156 valence electrons. The molecule has 1 fully saturated rings. The molecule has 0 bridgehead atoms. The number of anilines is 1. The number of nitrogens with zero attached hydrogens (tertiary/aromatic N) is 5. The number of piperidine rings is 1. The van der Waals surface area contributed by atoms with Gasteiger partial charge in [-0.25, -0.2) is 0 Å². The van der Waals surface area contributed by atoms with Gasteiger partial charge in [-0.2, -0.15) is 0 Å². The third kappa shape index (κ3) is 5.43. The first kappa shape index (κ1) is 21.0. The molecule has 29 heavy (non-hydrogen) atoms. The smallest absolute Gasteiger partial charge is 0.227 e. The molecular formula is C22H31N5O2. The van der Waals surface area contributed by atoms with Crippen LogP contribution in [0.3, 0.4) is 0 Å². The molecule has 7 nitrogen and oxygen atoms in total. The Kier molecular flexibility index (Phi) is 7.38. The number of hydrogen-bond acceptors (Lipinski definition) is 4. The molecule has 2 heterocycles. The number of carbonyl (C=O) groups is 2. The molecule has 0 atom stereocenters. The van der Waals surface area contributed by atoms with Gasteiger partial charge in [-0.15, -0.1) is 10.2 Å². The third-order valence-corrected chi connectivity index (χ3v) is 5.71. The van der Waals surface area contributed by atoms with Gasteiger partial charge in [0.15, 0.2) is 0 Å². The van der Waals surface area contributed by atoms with Gasteiger partial charge in [0, 0.05) is 51.1 Å². The van der Waals surface area contributed by atoms with Crippen molar-refractivity contribution in [2.45, 2.75) is 52.5 Å². The summed E-state index contributed by atoms with van der Waals surface area (Å²) >= 11 is 0. The second-order valence-electron chi connectivity index (χ2n) is 7.54. The highest BCUT2D eigenvalue weighted by molar-refractivity contribution is 5.95. The van der Waals surface area contributed by atoms with Crippen LogP contribution in [0.4, 0.5) is 5.69 Å². The second kappa shape index (κ2) is 10.2. The number of benzene rings is 1. The van der Waals surface area contributed by atoms with Crippen LogP contribution in [0, 0.1) is 5.92 Å². The topological polar surface area (TPSA) is 71.3 Å². The van der Waals surface area contributed by atoms with Crippen LogP contribution < -0.4 is 4.90 Å². The normalized spacial score (nSPS) is 14.8. The lowest BCUT2D eigenvalue weighted by molar-refractivity contribution is -0.134. The van der Waals surface area contributed by atoms with E-state index >= 15 is 0 Å². The van der Waals surface area contributed by atoms with Crippen molar-refractivity contribution >= 4 is 17.5 Å². The van der Waals surface area contributed by atoms with Gasteiger partial charge in [0.25, 0.3) is 0 Å². The fourth-order valence-corrected chi connectivity index (χ4v) is 3.96. The maximum atomic E-state index is 12.6. The number of carbonyl (C=O) groups excluding carboxylic acids is 2. The first-order valence-corrected chi connectivity index (χ1v) is 10.6. The lowest BCUT2D eigenvalue weighted by Gasteiger charge is -2.32. The molecule has 0 spiro atoms. The van der Waals surface area contributed by atoms with Crippen molar-refractivity contribution < 1.29 is 9.59 Å². The average Bonchev–Trinajstić information content (AvgIpc) is 3.21. The molecule has 0 saturated carbocycles. The minimum Gasteiger partial charge on any atom is -0.343 e. The van der Waals surface area contributed by atoms with Crippen LogP contribution in [-0.2, 0) is 22.6 Å². The highest BCUT2D eigenvalue weighted by Crippen LogP contribution is 2.22. The Morgan fingerprint density at radius 3 is 2.48 bits per heavy atom. The van der Waals surface area contributed by atoms with E-state index in [4.69, 9.17) is 0 Å². The van der Waals surface area contributed by atoms with Crippen LogP contribution in [0.25, 0.3) is 0 Å². The minimum absolute atomic E-state index is 0.000776. The highest BCUT2D eigenvalue weighted by Gasteiger charge is 2.25. The quantitative estimate of drug-likeness (QED) is 0.687. The average molecular weight is 398 g/mol. The van der Waals surface area contributed by atoms with E-state index < -0.39 is 0 Å². The molecule has 3 rings (SSSR count). The molecule has 2 amide bonds. The van der Waals surface area contributed by atoms with E-state index in [2.05, 4.69) is 21.7 Å². The van der Waals surface area contributed by atoms with E-state index in [1.165, 1.54) is 0 Å². The Bertz CT molecular complexity index is 797. The van der Waals surface area contributed by atoms with Gasteiger partial charge >= 0.3 is 0 Å². The maximum Gasteiger partial charge on any atom is 0.227 e. The Morgan fingerprint density at radius 1 is 1.10 bits per heavy atom. The van der Waals surface area contributed by atoms with Gasteiger partial charge in [-0.05, 0) is 44.7 Å². The van der Waals surface area contributed by atoms with Crippen molar-refractivity contribution in [1.29, 1.82) is 0 Å². The summed E-state index contributed by atoms with van der Waals surface area (Å²) in [5.41, 5.74) is 0.883. The zero-order valence-electron chi connectivity index (χ0n) is 17.5. The van der Waals surface area contributed by atoms with Gasteiger partial charge in [-0.3, -0.25) is 9.59 Å². The van der Waals surface area contributed by atoms with Crippen molar-refractivity contribution in [2.75, 3.05) is 24.5 Å². The van der Waals surface area contributed by atoms with Crippen molar-refractivity contribution in [3.8, 4) is 0 Å². The van der Waals surface area contributed by atoms with Crippen molar-refractivity contribution in [3.05, 3.63) is 42.5 Å². The Hall–Kier alpha value is -2.70. The number of aromatic nitrogens is 3. The van der Waals surface area contributed by atoms with Crippen molar-refractivity contribution in [1.82, 2.24) is 19.7 Å². The number of rotatable bonds is 8. The van der Waals surface area contributed by atoms with Gasteiger partial charge in [-0.1, -0.05) is 18.2 Å². The van der Waals surface area contributed by atoms with Crippen LogP contribution in [0.5, 0.6) is 0 Å². The molecule has 1 saturated heterocycles. The molecular weight excluding hydrogens is 366 g/mol. The zero-order chi connectivity index (χ0) is 20.6. The van der Waals surface area contributed by atoms with E-state index in [0.717, 1.165) is 50.4 Å². The van der Waals surface area contributed by atoms with Crippen LogP contribution in [0.15, 0.2) is 36.7 Å². The van der Waals surface area contributed by atoms with E-state index in [1.54, 1.807) is 11.2 Å². The van der Waals surface area contributed by atoms with Crippen LogP contribution in [0.2, 0.25) is 0 Å². The van der Waals surface area contributed by atoms with Gasteiger partial charge in [0.1, 0.15) is 12.2 Å². The Balaban J connectivity index is 1.44. The monoisotopic (exact) mass is 397 g/mol. The highest BCUT2D eigenvalue weighted by atomic mass is 16.2. The fourth-order valence-electron chi connectivity index (χ4n) is 3.96. The second-order valence-corrected chi connectivity index (χ2v) is 7.54. The standard InChI is InChI=1S/C22H31N5O2/c1-3-25-17-23-24-20(25)16-18-12-14-26(15-13-18)21(28)10-11-22(29)27(4-2)19-8-6-5-7-9-19/h5-9,17-18H,3-4,10-16H2,1-2H3. The summed E-state index contributed by atoms with van der Waals surface area (Å²) in [6.45, 7) is 7.04. The third-order valence-electron chi connectivity index (χ3n) is 5.71. The molecule has 1 aliphatic rings. The van der Waals surface area contributed by atoms with Crippen molar-refractivity contribution in [3.63, 3.8) is 0 Å². The Morgan fingerprint density at radius 2 is 1.83 bits per heavy atom. The summed E-state index contributed by atoms with van der Waals surface area (Å²) in [7, 11) is 0. The molecule has 0 aliphatic carbocycles. The SMILES string of the molecule is CCN(C(=O)CCC(=O)N1CCC(Cc2nncn2CC)CC1)c1ccccc1. The van der Waals surface area contributed by atoms with E-state index in [1.807, 2.05) is 42.2 Å². The minimum atomic E-state index is 0.000776. The predicted octanol–water partition coefficient (Wildman–Crippen LogP) is 2.91. The number of amides is 2. The molecule has 0 radical (unpaired) electrons. The first-order chi connectivity index (χ1) is 14.1. The van der Waals surface area contributed by atoms with Gasteiger partial charge < -0.3 is 14.4 Å². The summed E-state index contributed by atoms with van der Waals surface area (Å²) in [5, 5.41) is 8.22. The zero-order valence-corrected chi connectivity index (χ0v) is 17.5. The predicted molar refractivity (Wildman–Crippen MR) is 112 cm³/mol. The molecule has 0 N–H and O–H groups in total. The van der Waals surface area contributed by atoms with Crippen molar-refractivity contribution in [2.24, 2.45) is 5.92 Å². The molecule has 1 aliphatic heterocycles. The molecule has 0 unspecified atom stereocenters. The lowest BCUT2D eigenvalue weighted by Crippen LogP contribution is -2.40. The fraction of sp³-hybridized carbons (Fsp3) is 0.545. The largest absolute Gasteiger partial charge is 0.343 e. The Labute approximate surface area is 172 Å². The van der Waals surface area contributed by atoms with Gasteiger partial charge in [0.2, 0.25) is 11.8 Å². The summed E-state index contributed by atoms with van der Waals surface area (Å²) in [4.78, 5) is 28.8. The summed E-state index contributed by atoms with van der Waals surface area (Å²) in [6.07, 6.45) is 5.16. The van der Waals surface area contributed by atoms with E-state index in [9.17, 15) is 9.59 Å². The van der Waals surface area contributed by atoms with Gasteiger partial charge in [0.05, 0.1) is 0 Å². The lowest BCUT2D eigenvalue weighted by atomic mass is 9.93. The van der Waals surface area contributed by atoms with E-state index in [0.29, 0.717) is 12.5 Å². The molecule has 1 aromatic carbocycles. The molecule has 2 aromatic rings. The van der Waals surface area contributed by atoms with Crippen LogP contribution >= 0.6 is 0 Å². The van der Waals surface area contributed by atoms with Crippen LogP contribution in [0.1, 0.15) is 45.4 Å². The number of hydrogen-bond donors (Lipinski definition) is 0. The number of likely N-dealkylation sites (tertiary alicyclic amines) is 1. The maximum absolute atomic E-state index is 12.6. The van der Waals surface area contributed by atoms with E-state index in [-0.39, 0.29) is 24.7 Å². The first-order valence-electron chi connectivity index (χ1n) is 10.6. The molecule has 1 aromatic heterocycles. The molecule has 7 heteroatoms. The van der Waals surface area contributed by atoms with Crippen LogP contribution in [-0.4, -0.2) is 51.1 Å². The summed E-state index contributed by atoms with van der Waals surface area (Å²) in [6, 6.07) is 9.62. The summed E-state index contributed by atoms with van der Waals surface area (Å²) in [5.74, 6) is 1.64. The number of para-hydroxylation sites is 1. The summed E-state index contributed by atoms with van der Waals surface area (Å²) < 4.78 is 2.08. The number of aryl methyl sites for hydroxylation is 1.